The van der Waals surface area contributed by atoms with Crippen LogP contribution in [0.3, 0.4) is 0 Å². The summed E-state index contributed by atoms with van der Waals surface area (Å²) in [5, 5.41) is 3.36. The van der Waals surface area contributed by atoms with Crippen molar-refractivity contribution in [3.63, 3.8) is 0 Å². The second-order valence-corrected chi connectivity index (χ2v) is 5.81. The van der Waals surface area contributed by atoms with E-state index in [0.29, 0.717) is 10.7 Å². The number of nitrogens with one attached hydrogen (secondary N) is 1. The highest BCUT2D eigenvalue weighted by atomic mass is 35.5. The maximum absolute atomic E-state index is 12.0. The zero-order chi connectivity index (χ0) is 13.0. The summed E-state index contributed by atoms with van der Waals surface area (Å²) in [5.74, 6) is -0.0638. The van der Waals surface area contributed by atoms with E-state index in [9.17, 15) is 4.79 Å². The molecule has 1 saturated carbocycles. The maximum Gasteiger partial charge on any atom is 0.251 e. The molecule has 0 saturated heterocycles. The number of aromatic nitrogens is 1. The van der Waals surface area contributed by atoms with E-state index in [2.05, 4.69) is 17.2 Å². The number of amides is 1. The van der Waals surface area contributed by atoms with Crippen molar-refractivity contribution in [1.29, 1.82) is 0 Å². The lowest BCUT2D eigenvalue weighted by Crippen LogP contribution is -2.37. The molecule has 0 aromatic carbocycles. The van der Waals surface area contributed by atoms with Crippen LogP contribution in [0.4, 0.5) is 0 Å². The summed E-state index contributed by atoms with van der Waals surface area (Å²) in [6.45, 7) is 3.00. The second kappa shape index (κ2) is 5.70. The van der Waals surface area contributed by atoms with Crippen molar-refractivity contribution in [3.8, 4) is 0 Å². The Balaban J connectivity index is 1.92. The van der Waals surface area contributed by atoms with Gasteiger partial charge in [0.15, 0.2) is 0 Å². The predicted octanol–water partition coefficient (Wildman–Crippen LogP) is 3.44. The van der Waals surface area contributed by atoms with Crippen LogP contribution in [-0.4, -0.2) is 17.4 Å². The first-order valence-corrected chi connectivity index (χ1v) is 6.87. The summed E-state index contributed by atoms with van der Waals surface area (Å²) >= 11 is 5.77. The van der Waals surface area contributed by atoms with Crippen LogP contribution in [0.25, 0.3) is 0 Å². The molecule has 4 heteroatoms. The number of nitrogens with zero attached hydrogens (tertiary/aromatic N) is 1. The third-order valence-corrected chi connectivity index (χ3v) is 3.93. The first kappa shape index (κ1) is 13.3. The van der Waals surface area contributed by atoms with E-state index in [0.717, 1.165) is 6.54 Å². The zero-order valence-corrected chi connectivity index (χ0v) is 11.5. The number of hydrogen-bond donors (Lipinski definition) is 1. The van der Waals surface area contributed by atoms with E-state index in [1.54, 1.807) is 18.3 Å². The topological polar surface area (TPSA) is 42.0 Å². The van der Waals surface area contributed by atoms with Crippen LogP contribution in [0.2, 0.25) is 5.15 Å². The number of rotatable bonds is 3. The van der Waals surface area contributed by atoms with E-state index >= 15 is 0 Å². The molecule has 0 radical (unpaired) electrons. The number of carbonyl (C=O) groups is 1. The number of hydrogen-bond acceptors (Lipinski definition) is 2. The van der Waals surface area contributed by atoms with Crippen molar-refractivity contribution in [2.45, 2.75) is 39.0 Å². The van der Waals surface area contributed by atoms with Gasteiger partial charge in [-0.3, -0.25) is 4.79 Å². The Morgan fingerprint density at radius 3 is 2.83 bits per heavy atom. The fraction of sp³-hybridized carbons (Fsp3) is 0.571. The van der Waals surface area contributed by atoms with E-state index in [1.807, 2.05) is 0 Å². The van der Waals surface area contributed by atoms with Gasteiger partial charge in [0.05, 0.1) is 0 Å². The summed E-state index contributed by atoms with van der Waals surface area (Å²) in [4.78, 5) is 15.9. The number of pyridine rings is 1. The summed E-state index contributed by atoms with van der Waals surface area (Å²) in [6, 6.07) is 3.28. The largest absolute Gasteiger partial charge is 0.351 e. The van der Waals surface area contributed by atoms with Gasteiger partial charge in [-0.25, -0.2) is 4.98 Å². The van der Waals surface area contributed by atoms with Gasteiger partial charge >= 0.3 is 0 Å². The van der Waals surface area contributed by atoms with Crippen LogP contribution in [0.5, 0.6) is 0 Å². The van der Waals surface area contributed by atoms with Crippen LogP contribution < -0.4 is 5.32 Å². The normalized spacial score (nSPS) is 18.3. The fourth-order valence-electron chi connectivity index (χ4n) is 2.52. The van der Waals surface area contributed by atoms with E-state index < -0.39 is 0 Å². The average molecular weight is 267 g/mol. The lowest BCUT2D eigenvalue weighted by molar-refractivity contribution is 0.0919. The van der Waals surface area contributed by atoms with Crippen molar-refractivity contribution in [2.75, 3.05) is 6.54 Å². The molecular weight excluding hydrogens is 248 g/mol. The lowest BCUT2D eigenvalue weighted by atomic mass is 9.76. The molecule has 1 aliphatic rings. The highest BCUT2D eigenvalue weighted by molar-refractivity contribution is 6.29. The van der Waals surface area contributed by atoms with Crippen LogP contribution in [0, 0.1) is 5.41 Å². The van der Waals surface area contributed by atoms with Gasteiger partial charge in [-0.05, 0) is 30.4 Å². The first-order valence-electron chi connectivity index (χ1n) is 6.49. The average Bonchev–Trinajstić information content (AvgIpc) is 2.37. The number of carbonyl (C=O) groups excluding carboxylic acids is 1. The molecule has 1 heterocycles. The van der Waals surface area contributed by atoms with Gasteiger partial charge in [0, 0.05) is 18.3 Å². The van der Waals surface area contributed by atoms with E-state index in [1.165, 1.54) is 32.1 Å². The summed E-state index contributed by atoms with van der Waals surface area (Å²) in [6.07, 6.45) is 7.82. The quantitative estimate of drug-likeness (QED) is 0.852. The van der Waals surface area contributed by atoms with Crippen molar-refractivity contribution in [2.24, 2.45) is 5.41 Å². The van der Waals surface area contributed by atoms with Crippen molar-refractivity contribution >= 4 is 17.5 Å². The highest BCUT2D eigenvalue weighted by Crippen LogP contribution is 2.34. The third-order valence-electron chi connectivity index (χ3n) is 3.73. The fourth-order valence-corrected chi connectivity index (χ4v) is 2.70. The van der Waals surface area contributed by atoms with Crippen molar-refractivity contribution in [3.05, 3.63) is 29.0 Å². The van der Waals surface area contributed by atoms with Gasteiger partial charge in [-0.2, -0.15) is 0 Å². The molecule has 0 spiro atoms. The van der Waals surface area contributed by atoms with E-state index in [4.69, 9.17) is 11.6 Å². The Bertz CT molecular complexity index is 428. The molecule has 0 unspecified atom stereocenters. The maximum atomic E-state index is 12.0. The van der Waals surface area contributed by atoms with Crippen LogP contribution in [0.15, 0.2) is 18.3 Å². The van der Waals surface area contributed by atoms with E-state index in [-0.39, 0.29) is 11.3 Å². The second-order valence-electron chi connectivity index (χ2n) is 5.42. The van der Waals surface area contributed by atoms with Crippen molar-refractivity contribution in [1.82, 2.24) is 10.3 Å². The Morgan fingerprint density at radius 1 is 1.44 bits per heavy atom. The molecule has 1 amide bonds. The number of halogens is 1. The summed E-state index contributed by atoms with van der Waals surface area (Å²) in [5.41, 5.74) is 0.833. The SMILES string of the molecule is CC1(CNC(=O)c2ccnc(Cl)c2)CCCCC1. The Hall–Kier alpha value is -1.09. The minimum Gasteiger partial charge on any atom is -0.351 e. The summed E-state index contributed by atoms with van der Waals surface area (Å²) in [7, 11) is 0. The molecule has 1 aliphatic carbocycles. The smallest absolute Gasteiger partial charge is 0.251 e. The molecule has 0 atom stereocenters. The molecule has 1 aromatic heterocycles. The Labute approximate surface area is 113 Å². The molecule has 2 rings (SSSR count). The minimum absolute atomic E-state index is 0.0638. The molecule has 18 heavy (non-hydrogen) atoms. The van der Waals surface area contributed by atoms with Gasteiger partial charge in [0.1, 0.15) is 5.15 Å². The van der Waals surface area contributed by atoms with Crippen LogP contribution in [0.1, 0.15) is 49.4 Å². The standard InChI is InChI=1S/C14H19ClN2O/c1-14(6-3-2-4-7-14)10-17-13(18)11-5-8-16-12(15)9-11/h5,8-9H,2-4,6-7,10H2,1H3,(H,17,18). The predicted molar refractivity (Wildman–Crippen MR) is 72.8 cm³/mol. The summed E-state index contributed by atoms with van der Waals surface area (Å²) < 4.78 is 0. The molecule has 1 N–H and O–H groups in total. The molecule has 0 bridgehead atoms. The van der Waals surface area contributed by atoms with Crippen LogP contribution in [-0.2, 0) is 0 Å². The van der Waals surface area contributed by atoms with Gasteiger partial charge in [0.2, 0.25) is 0 Å². The van der Waals surface area contributed by atoms with Gasteiger partial charge in [-0.1, -0.05) is 37.8 Å². The molecule has 98 valence electrons. The molecule has 1 aromatic rings. The zero-order valence-electron chi connectivity index (χ0n) is 10.7. The molecule has 1 fully saturated rings. The minimum atomic E-state index is -0.0638. The monoisotopic (exact) mass is 266 g/mol. The van der Waals surface area contributed by atoms with Crippen molar-refractivity contribution < 1.29 is 4.79 Å². The Kier molecular flexibility index (Phi) is 4.23. The first-order chi connectivity index (χ1) is 8.59. The molecular formula is C14H19ClN2O. The van der Waals surface area contributed by atoms with Gasteiger partial charge in [-0.15, -0.1) is 0 Å². The molecule has 0 aliphatic heterocycles. The highest BCUT2D eigenvalue weighted by Gasteiger charge is 2.27. The third kappa shape index (κ3) is 3.45. The van der Waals surface area contributed by atoms with Gasteiger partial charge < -0.3 is 5.32 Å². The molecule has 3 nitrogen and oxygen atoms in total. The lowest BCUT2D eigenvalue weighted by Gasteiger charge is -2.33. The van der Waals surface area contributed by atoms with Gasteiger partial charge in [0.25, 0.3) is 5.91 Å². The Morgan fingerprint density at radius 2 is 2.17 bits per heavy atom. The van der Waals surface area contributed by atoms with Crippen LogP contribution >= 0.6 is 11.6 Å².